The molecule has 0 saturated heterocycles. The van der Waals surface area contributed by atoms with E-state index in [1.54, 1.807) is 11.8 Å². The third kappa shape index (κ3) is 2.29. The van der Waals surface area contributed by atoms with Crippen LogP contribution in [0.5, 0.6) is 0 Å². The number of aryl methyl sites for hydroxylation is 1. The number of sulfonamides is 1. The quantitative estimate of drug-likeness (QED) is 0.485. The van der Waals surface area contributed by atoms with Gasteiger partial charge in [0, 0.05) is 6.07 Å². The smallest absolute Gasteiger partial charge is 0.229 e. The van der Waals surface area contributed by atoms with Crippen molar-refractivity contribution in [3.05, 3.63) is 17.5 Å². The Morgan fingerprint density at radius 2 is 2.42 bits per heavy atom. The molecule has 12 heavy (non-hydrogen) atoms. The molecule has 1 aromatic heterocycles. The number of hydrazine groups is 1. The molecule has 0 aliphatic carbocycles. The Bertz CT molecular complexity index is 356. The molecule has 0 spiro atoms. The number of nitrogens with two attached hydrogens (primary N) is 1. The second kappa shape index (κ2) is 3.21. The summed E-state index contributed by atoms with van der Waals surface area (Å²) in [6.45, 7) is 1.68. The van der Waals surface area contributed by atoms with E-state index in [0.717, 1.165) is 0 Å². The summed E-state index contributed by atoms with van der Waals surface area (Å²) in [5, 5.41) is 3.50. The molecule has 0 atom stereocenters. The fraction of sp³-hybridized carbons (Fsp3) is 0.400. The lowest BCUT2D eigenvalue weighted by Gasteiger charge is -1.96. The van der Waals surface area contributed by atoms with Gasteiger partial charge in [-0.05, 0) is 6.92 Å². The largest absolute Gasteiger partial charge is 0.361 e. The molecular formula is C5H9N3O3S. The number of aromatic nitrogens is 1. The minimum absolute atomic E-state index is 0.263. The first kappa shape index (κ1) is 9.17. The van der Waals surface area contributed by atoms with Gasteiger partial charge in [-0.15, -0.1) is 0 Å². The number of rotatable bonds is 3. The zero-order valence-corrected chi connectivity index (χ0v) is 7.26. The lowest BCUT2D eigenvalue weighted by Crippen LogP contribution is -2.31. The van der Waals surface area contributed by atoms with Crippen molar-refractivity contribution in [3.8, 4) is 0 Å². The number of nitrogens with one attached hydrogen (secondary N) is 1. The summed E-state index contributed by atoms with van der Waals surface area (Å²) in [5.74, 6) is 5.07. The van der Waals surface area contributed by atoms with Gasteiger partial charge in [0.15, 0.2) is 0 Å². The van der Waals surface area contributed by atoms with E-state index >= 15 is 0 Å². The van der Waals surface area contributed by atoms with E-state index in [0.29, 0.717) is 11.5 Å². The van der Waals surface area contributed by atoms with Crippen LogP contribution in [0.2, 0.25) is 0 Å². The molecule has 1 heterocycles. The van der Waals surface area contributed by atoms with Gasteiger partial charge in [0.05, 0.1) is 0 Å². The van der Waals surface area contributed by atoms with Crippen molar-refractivity contribution >= 4 is 10.0 Å². The molecule has 0 radical (unpaired) electrons. The molecule has 0 aromatic carbocycles. The van der Waals surface area contributed by atoms with Crippen molar-refractivity contribution < 1.29 is 12.9 Å². The van der Waals surface area contributed by atoms with Gasteiger partial charge in [0.2, 0.25) is 10.0 Å². The van der Waals surface area contributed by atoms with E-state index < -0.39 is 10.0 Å². The lowest BCUT2D eigenvalue weighted by atomic mass is 10.4. The second-order valence-corrected chi connectivity index (χ2v) is 4.06. The average Bonchev–Trinajstić information content (AvgIpc) is 2.35. The van der Waals surface area contributed by atoms with Gasteiger partial charge in [0.25, 0.3) is 0 Å². The Labute approximate surface area is 69.7 Å². The molecule has 1 rings (SSSR count). The highest BCUT2D eigenvalue weighted by molar-refractivity contribution is 7.88. The maximum absolute atomic E-state index is 10.9. The van der Waals surface area contributed by atoms with E-state index in [1.165, 1.54) is 6.07 Å². The fourth-order valence-electron chi connectivity index (χ4n) is 0.722. The number of hydrogen-bond donors (Lipinski definition) is 2. The Hall–Kier alpha value is -0.920. The van der Waals surface area contributed by atoms with Crippen LogP contribution < -0.4 is 10.7 Å². The zero-order valence-electron chi connectivity index (χ0n) is 6.44. The van der Waals surface area contributed by atoms with Crippen LogP contribution in [0.1, 0.15) is 11.5 Å². The van der Waals surface area contributed by atoms with Crippen molar-refractivity contribution in [2.75, 3.05) is 0 Å². The number of nitrogens with zero attached hydrogens (tertiary/aromatic N) is 1. The Kier molecular flexibility index (Phi) is 2.46. The first-order valence-corrected chi connectivity index (χ1v) is 4.81. The van der Waals surface area contributed by atoms with Crippen LogP contribution in [-0.2, 0) is 15.8 Å². The molecule has 0 aliphatic rings. The van der Waals surface area contributed by atoms with Gasteiger partial charge in [-0.25, -0.2) is 8.42 Å². The predicted octanol–water partition coefficient (Wildman–Crippen LogP) is -0.724. The first-order valence-electron chi connectivity index (χ1n) is 3.16. The molecule has 68 valence electrons. The molecule has 0 aliphatic heterocycles. The third-order valence-corrected chi connectivity index (χ3v) is 2.23. The molecule has 0 bridgehead atoms. The minimum Gasteiger partial charge on any atom is -0.361 e. The summed E-state index contributed by atoms with van der Waals surface area (Å²) in [4.78, 5) is 1.69. The molecule has 0 saturated carbocycles. The van der Waals surface area contributed by atoms with E-state index in [4.69, 9.17) is 5.84 Å². The summed E-state index contributed by atoms with van der Waals surface area (Å²) >= 11 is 0. The van der Waals surface area contributed by atoms with Crippen molar-refractivity contribution in [2.24, 2.45) is 5.84 Å². The first-order chi connectivity index (χ1) is 5.53. The van der Waals surface area contributed by atoms with Gasteiger partial charge in [-0.1, -0.05) is 5.16 Å². The highest BCUT2D eigenvalue weighted by Gasteiger charge is 2.11. The van der Waals surface area contributed by atoms with Crippen LogP contribution in [0, 0.1) is 6.92 Å². The van der Waals surface area contributed by atoms with Gasteiger partial charge < -0.3 is 4.52 Å². The summed E-state index contributed by atoms with van der Waals surface area (Å²) in [5.41, 5.74) is 0.338. The fourth-order valence-corrected chi connectivity index (χ4v) is 1.33. The van der Waals surface area contributed by atoms with Crippen LogP contribution in [0.4, 0.5) is 0 Å². The summed E-state index contributed by atoms with van der Waals surface area (Å²) in [6, 6.07) is 1.54. The third-order valence-electron chi connectivity index (χ3n) is 1.19. The molecule has 7 heteroatoms. The second-order valence-electron chi connectivity index (χ2n) is 2.31. The summed E-state index contributed by atoms with van der Waals surface area (Å²) in [6.07, 6.45) is 0. The Morgan fingerprint density at radius 1 is 1.75 bits per heavy atom. The van der Waals surface area contributed by atoms with E-state index in [9.17, 15) is 8.42 Å². The predicted molar refractivity (Wildman–Crippen MR) is 41.2 cm³/mol. The van der Waals surface area contributed by atoms with Crippen LogP contribution in [0.3, 0.4) is 0 Å². The maximum atomic E-state index is 10.9. The zero-order chi connectivity index (χ0) is 9.19. The van der Waals surface area contributed by atoms with Crippen molar-refractivity contribution in [2.45, 2.75) is 12.7 Å². The van der Waals surface area contributed by atoms with E-state index in [2.05, 4.69) is 9.68 Å². The van der Waals surface area contributed by atoms with Crippen LogP contribution in [-0.4, -0.2) is 13.6 Å². The standard InChI is InChI=1S/C5H9N3O3S/c1-4-2-5(7-11-4)3-12(9,10)8-6/h2,8H,3,6H2,1H3. The monoisotopic (exact) mass is 191 g/mol. The van der Waals surface area contributed by atoms with Gasteiger partial charge in [-0.2, -0.15) is 4.83 Å². The average molecular weight is 191 g/mol. The topological polar surface area (TPSA) is 98.2 Å². The summed E-state index contributed by atoms with van der Waals surface area (Å²) < 4.78 is 26.4. The number of hydrogen-bond acceptors (Lipinski definition) is 5. The van der Waals surface area contributed by atoms with Gasteiger partial charge in [0.1, 0.15) is 17.2 Å². The van der Waals surface area contributed by atoms with Crippen molar-refractivity contribution in [3.63, 3.8) is 0 Å². The highest BCUT2D eigenvalue weighted by Crippen LogP contribution is 2.04. The molecular weight excluding hydrogens is 182 g/mol. The molecule has 0 amide bonds. The van der Waals surface area contributed by atoms with Crippen LogP contribution in [0.15, 0.2) is 10.6 Å². The van der Waals surface area contributed by atoms with Crippen molar-refractivity contribution in [1.82, 2.24) is 9.99 Å². The van der Waals surface area contributed by atoms with Crippen LogP contribution >= 0.6 is 0 Å². The lowest BCUT2D eigenvalue weighted by molar-refractivity contribution is 0.392. The van der Waals surface area contributed by atoms with E-state index in [-0.39, 0.29) is 5.75 Å². The highest BCUT2D eigenvalue weighted by atomic mass is 32.2. The molecule has 0 fully saturated rings. The van der Waals surface area contributed by atoms with Gasteiger partial charge >= 0.3 is 0 Å². The van der Waals surface area contributed by atoms with Crippen LogP contribution in [0.25, 0.3) is 0 Å². The maximum Gasteiger partial charge on any atom is 0.229 e. The Balaban J connectivity index is 2.77. The normalized spacial score (nSPS) is 11.8. The molecule has 6 nitrogen and oxygen atoms in total. The molecule has 0 unspecified atom stereocenters. The summed E-state index contributed by atoms with van der Waals surface area (Å²) in [7, 11) is -3.45. The molecule has 1 aromatic rings. The SMILES string of the molecule is Cc1cc(CS(=O)(=O)NN)no1. The van der Waals surface area contributed by atoms with Crippen molar-refractivity contribution in [1.29, 1.82) is 0 Å². The Morgan fingerprint density at radius 3 is 2.83 bits per heavy atom. The minimum atomic E-state index is -3.45. The molecule has 3 N–H and O–H groups in total. The van der Waals surface area contributed by atoms with Gasteiger partial charge in [-0.3, -0.25) is 5.84 Å². The van der Waals surface area contributed by atoms with E-state index in [1.807, 2.05) is 0 Å².